The molecular weight excluding hydrogens is 346 g/mol. The van der Waals surface area contributed by atoms with E-state index in [2.05, 4.69) is 4.99 Å². The quantitative estimate of drug-likeness (QED) is 0.465. The van der Waals surface area contributed by atoms with Crippen molar-refractivity contribution < 1.29 is 19.2 Å². The number of methoxy groups -OCH3 is 1. The number of rotatable bonds is 3. The topological polar surface area (TPSA) is 102 Å². The van der Waals surface area contributed by atoms with E-state index < -0.39 is 16.9 Å². The van der Waals surface area contributed by atoms with Crippen LogP contribution in [0, 0.1) is 10.1 Å². The summed E-state index contributed by atoms with van der Waals surface area (Å²) >= 11 is 1.27. The summed E-state index contributed by atoms with van der Waals surface area (Å²) in [5, 5.41) is 11.5. The fourth-order valence-electron chi connectivity index (χ4n) is 2.95. The molecule has 0 spiro atoms. The first-order valence-electron chi connectivity index (χ1n) is 7.47. The van der Waals surface area contributed by atoms with Crippen LogP contribution in [-0.4, -0.2) is 39.2 Å². The molecule has 8 nitrogen and oxygen atoms in total. The van der Waals surface area contributed by atoms with Crippen LogP contribution >= 0.6 is 11.8 Å². The monoisotopic (exact) mass is 361 g/mol. The first kappa shape index (κ1) is 17.2. The van der Waals surface area contributed by atoms with Crippen LogP contribution in [0.1, 0.15) is 25.5 Å². The van der Waals surface area contributed by atoms with Gasteiger partial charge in [0.25, 0.3) is 5.69 Å². The van der Waals surface area contributed by atoms with E-state index in [0.29, 0.717) is 10.9 Å². The van der Waals surface area contributed by atoms with Gasteiger partial charge < -0.3 is 4.74 Å². The number of nitrogens with zero attached hydrogens (tertiary/aromatic N) is 3. The highest BCUT2D eigenvalue weighted by Crippen LogP contribution is 2.45. The van der Waals surface area contributed by atoms with Crippen molar-refractivity contribution in [3.05, 3.63) is 51.2 Å². The standard InChI is InChI=1S/C16H15N3O5S/c1-8-12(15(21)24-3)13(10-6-4-5-7-11(10)19(22)23)18-14(20)9(2)25-16(18)17-8/h4-7,9,13H,1-3H3/t9-,13+/m0/s1. The van der Waals surface area contributed by atoms with Crippen LogP contribution in [0.3, 0.4) is 0 Å². The zero-order chi connectivity index (χ0) is 18.3. The van der Waals surface area contributed by atoms with Gasteiger partial charge in [0.2, 0.25) is 5.91 Å². The van der Waals surface area contributed by atoms with Gasteiger partial charge in [0.05, 0.1) is 34.1 Å². The summed E-state index contributed by atoms with van der Waals surface area (Å²) in [4.78, 5) is 41.6. The lowest BCUT2D eigenvalue weighted by molar-refractivity contribution is -0.385. The first-order chi connectivity index (χ1) is 11.9. The Hall–Kier alpha value is -2.68. The zero-order valence-corrected chi connectivity index (χ0v) is 14.6. The van der Waals surface area contributed by atoms with Gasteiger partial charge in [0, 0.05) is 6.07 Å². The van der Waals surface area contributed by atoms with Crippen LogP contribution < -0.4 is 0 Å². The molecule has 2 aliphatic heterocycles. The molecule has 2 atom stereocenters. The number of ether oxygens (including phenoxy) is 1. The fraction of sp³-hybridized carbons (Fsp3) is 0.312. The van der Waals surface area contributed by atoms with Crippen molar-refractivity contribution in [3.8, 4) is 0 Å². The van der Waals surface area contributed by atoms with Gasteiger partial charge in [0.15, 0.2) is 5.17 Å². The summed E-state index contributed by atoms with van der Waals surface area (Å²) in [5.41, 5.74) is 0.599. The predicted molar refractivity (Wildman–Crippen MR) is 91.9 cm³/mol. The van der Waals surface area contributed by atoms with Crippen molar-refractivity contribution >= 4 is 34.5 Å². The molecule has 9 heteroatoms. The second kappa shape index (κ2) is 6.32. The van der Waals surface area contributed by atoms with Gasteiger partial charge in [-0.3, -0.25) is 19.8 Å². The van der Waals surface area contributed by atoms with Gasteiger partial charge in [-0.2, -0.15) is 0 Å². The van der Waals surface area contributed by atoms with E-state index in [4.69, 9.17) is 4.74 Å². The van der Waals surface area contributed by atoms with Gasteiger partial charge in [-0.15, -0.1) is 0 Å². The zero-order valence-electron chi connectivity index (χ0n) is 13.8. The molecule has 0 bridgehead atoms. The van der Waals surface area contributed by atoms with Crippen LogP contribution in [0.2, 0.25) is 0 Å². The summed E-state index contributed by atoms with van der Waals surface area (Å²) in [6.45, 7) is 3.36. The van der Waals surface area contributed by atoms with E-state index in [1.807, 2.05) is 0 Å². The van der Waals surface area contributed by atoms with Crippen molar-refractivity contribution in [2.24, 2.45) is 4.99 Å². The van der Waals surface area contributed by atoms with Crippen molar-refractivity contribution in [2.75, 3.05) is 7.11 Å². The van der Waals surface area contributed by atoms with E-state index in [9.17, 15) is 19.7 Å². The number of carbonyl (C=O) groups excluding carboxylic acids is 2. The summed E-state index contributed by atoms with van der Waals surface area (Å²) in [7, 11) is 1.22. The molecule has 0 aliphatic carbocycles. The number of thioether (sulfide) groups is 1. The summed E-state index contributed by atoms with van der Waals surface area (Å²) in [6, 6.07) is 5.13. The Balaban J connectivity index is 2.26. The highest BCUT2D eigenvalue weighted by atomic mass is 32.2. The molecule has 2 heterocycles. The van der Waals surface area contributed by atoms with E-state index in [1.165, 1.54) is 35.9 Å². The number of aliphatic imine (C=N–C) groups is 1. The minimum absolute atomic E-state index is 0.128. The second-order valence-corrected chi connectivity index (χ2v) is 6.88. The number of amidine groups is 1. The lowest BCUT2D eigenvalue weighted by atomic mass is 9.93. The number of allylic oxidation sites excluding steroid dienone is 1. The SMILES string of the molecule is COC(=O)C1=C(C)N=C2S[C@@H](C)C(=O)N2[C@@H]1c1ccccc1[N+](=O)[O-]. The van der Waals surface area contributed by atoms with Crippen LogP contribution in [0.15, 0.2) is 40.5 Å². The van der Waals surface area contributed by atoms with Crippen molar-refractivity contribution in [2.45, 2.75) is 25.1 Å². The molecule has 1 aromatic carbocycles. The molecule has 0 unspecified atom stereocenters. The smallest absolute Gasteiger partial charge is 0.338 e. The lowest BCUT2D eigenvalue weighted by Gasteiger charge is -2.32. The normalized spacial score (nSPS) is 22.6. The Kier molecular flexibility index (Phi) is 4.34. The Morgan fingerprint density at radius 3 is 2.72 bits per heavy atom. The number of amides is 1. The van der Waals surface area contributed by atoms with Crippen LogP contribution in [0.25, 0.3) is 0 Å². The second-order valence-electron chi connectivity index (χ2n) is 5.57. The van der Waals surface area contributed by atoms with Gasteiger partial charge in [-0.05, 0) is 19.9 Å². The third kappa shape index (κ3) is 2.70. The first-order valence-corrected chi connectivity index (χ1v) is 8.35. The van der Waals surface area contributed by atoms with Crippen LogP contribution in [-0.2, 0) is 14.3 Å². The Morgan fingerprint density at radius 1 is 1.40 bits per heavy atom. The van der Waals surface area contributed by atoms with Crippen LogP contribution in [0.4, 0.5) is 5.69 Å². The highest BCUT2D eigenvalue weighted by Gasteiger charge is 2.47. The average molecular weight is 361 g/mol. The Morgan fingerprint density at radius 2 is 2.08 bits per heavy atom. The third-order valence-electron chi connectivity index (χ3n) is 4.09. The molecular formula is C16H15N3O5S. The predicted octanol–water partition coefficient (Wildman–Crippen LogP) is 2.42. The third-order valence-corrected chi connectivity index (χ3v) is 5.15. The molecule has 3 rings (SSSR count). The Bertz CT molecular complexity index is 848. The number of nitro benzene ring substituents is 1. The molecule has 0 radical (unpaired) electrons. The maximum atomic E-state index is 12.6. The summed E-state index contributed by atoms with van der Waals surface area (Å²) in [6.07, 6.45) is 0. The lowest BCUT2D eigenvalue weighted by Crippen LogP contribution is -2.40. The molecule has 25 heavy (non-hydrogen) atoms. The molecule has 1 aromatic rings. The van der Waals surface area contributed by atoms with Crippen molar-refractivity contribution in [1.82, 2.24) is 4.90 Å². The molecule has 0 saturated carbocycles. The molecule has 0 aromatic heterocycles. The number of fused-ring (bicyclic) bond motifs is 1. The van der Waals surface area contributed by atoms with Crippen molar-refractivity contribution in [3.63, 3.8) is 0 Å². The minimum atomic E-state index is -0.938. The molecule has 130 valence electrons. The van der Waals surface area contributed by atoms with Gasteiger partial charge in [-0.1, -0.05) is 23.9 Å². The molecule has 1 saturated heterocycles. The van der Waals surface area contributed by atoms with Crippen LogP contribution in [0.5, 0.6) is 0 Å². The number of benzene rings is 1. The van der Waals surface area contributed by atoms with Crippen molar-refractivity contribution in [1.29, 1.82) is 0 Å². The largest absolute Gasteiger partial charge is 0.466 e. The number of nitro groups is 1. The van der Waals surface area contributed by atoms with E-state index >= 15 is 0 Å². The maximum Gasteiger partial charge on any atom is 0.338 e. The van der Waals surface area contributed by atoms with E-state index in [-0.39, 0.29) is 28.0 Å². The Labute approximate surface area is 147 Å². The molecule has 1 fully saturated rings. The molecule has 0 N–H and O–H groups in total. The number of carbonyl (C=O) groups is 2. The average Bonchev–Trinajstić information content (AvgIpc) is 2.87. The highest BCUT2D eigenvalue weighted by molar-refractivity contribution is 8.15. The van der Waals surface area contributed by atoms with E-state index in [1.54, 1.807) is 26.0 Å². The number of hydrogen-bond donors (Lipinski definition) is 0. The summed E-state index contributed by atoms with van der Waals surface area (Å²) < 4.78 is 4.84. The summed E-state index contributed by atoms with van der Waals surface area (Å²) in [5.74, 6) is -0.915. The number of hydrogen-bond acceptors (Lipinski definition) is 7. The van der Waals surface area contributed by atoms with Gasteiger partial charge in [0.1, 0.15) is 6.04 Å². The maximum absolute atomic E-state index is 12.6. The molecule has 2 aliphatic rings. The molecule has 1 amide bonds. The van der Waals surface area contributed by atoms with Gasteiger partial charge in [-0.25, -0.2) is 9.79 Å². The number of para-hydroxylation sites is 1. The minimum Gasteiger partial charge on any atom is -0.466 e. The fourth-order valence-corrected chi connectivity index (χ4v) is 3.98. The number of esters is 1. The van der Waals surface area contributed by atoms with E-state index in [0.717, 1.165) is 0 Å². The van der Waals surface area contributed by atoms with Gasteiger partial charge >= 0.3 is 5.97 Å².